The van der Waals surface area contributed by atoms with Gasteiger partial charge in [-0.1, -0.05) is 38.1 Å². The third-order valence-electron chi connectivity index (χ3n) is 4.74. The Morgan fingerprint density at radius 2 is 1.77 bits per heavy atom. The van der Waals surface area contributed by atoms with Crippen molar-refractivity contribution in [3.63, 3.8) is 0 Å². The molecule has 0 aliphatic heterocycles. The summed E-state index contributed by atoms with van der Waals surface area (Å²) in [4.78, 5) is 22.9. The van der Waals surface area contributed by atoms with E-state index in [1.807, 2.05) is 32.0 Å². The minimum absolute atomic E-state index is 0. The van der Waals surface area contributed by atoms with Gasteiger partial charge in [0.1, 0.15) is 17.2 Å². The van der Waals surface area contributed by atoms with Crippen molar-refractivity contribution in [2.24, 2.45) is 0 Å². The molecule has 0 radical (unpaired) electrons. The van der Waals surface area contributed by atoms with Crippen molar-refractivity contribution in [1.82, 2.24) is 0 Å². The van der Waals surface area contributed by atoms with E-state index < -0.39 is 18.5 Å². The number of aliphatic carboxylic acids is 1. The first-order valence-electron chi connectivity index (χ1n) is 9.68. The van der Waals surface area contributed by atoms with Crippen molar-refractivity contribution in [2.45, 2.75) is 38.7 Å². The summed E-state index contributed by atoms with van der Waals surface area (Å²) < 4.78 is 19.4. The molecule has 1 heterocycles. The van der Waals surface area contributed by atoms with Gasteiger partial charge < -0.3 is 14.6 Å². The number of carboxylic acids is 1. The van der Waals surface area contributed by atoms with Crippen LogP contribution >= 0.6 is 0 Å². The van der Waals surface area contributed by atoms with E-state index in [2.05, 4.69) is 0 Å². The van der Waals surface area contributed by atoms with Gasteiger partial charge >= 0.3 is 35.5 Å². The number of carboxylic acid groups (broad SMARTS) is 1. The molecule has 5 nitrogen and oxygen atoms in total. The van der Waals surface area contributed by atoms with Gasteiger partial charge in [0, 0.05) is 23.3 Å². The van der Waals surface area contributed by atoms with E-state index in [1.54, 1.807) is 18.2 Å². The quantitative estimate of drug-likeness (QED) is 0.402. The molecule has 3 aromatic rings. The summed E-state index contributed by atoms with van der Waals surface area (Å²) in [5.41, 5.74) is 3.05. The zero-order chi connectivity index (χ0) is 21.8. The summed E-state index contributed by atoms with van der Waals surface area (Å²) in [6.45, 7) is 3.95. The van der Waals surface area contributed by atoms with Crippen LogP contribution in [0.25, 0.3) is 28.2 Å². The number of aliphatic hydroxyl groups excluding tert-OH is 1. The Labute approximate surface area is 201 Å². The first-order chi connectivity index (χ1) is 14.3. The number of rotatable bonds is 8. The summed E-state index contributed by atoms with van der Waals surface area (Å²) >= 11 is 0. The molecule has 0 bridgehead atoms. The number of allylic oxidation sites excluding steroid dienone is 1. The fourth-order valence-electron chi connectivity index (χ4n) is 3.41. The van der Waals surface area contributed by atoms with E-state index in [4.69, 9.17) is 9.52 Å². The second-order valence-electron chi connectivity index (χ2n) is 7.48. The fraction of sp³-hybridized carbons (Fsp3) is 0.250. The molecular formula is C24H24FNaO5. The Morgan fingerprint density at radius 1 is 1.10 bits per heavy atom. The zero-order valence-corrected chi connectivity index (χ0v) is 16.8. The molecule has 0 aliphatic carbocycles. The topological polar surface area (TPSA) is 87.7 Å². The number of hydrogen-bond donors (Lipinski definition) is 2. The molecule has 2 aromatic carbocycles. The Balaban J connectivity index is 0.00000341. The number of carbonyl (C=O) groups is 2. The molecule has 0 saturated heterocycles. The van der Waals surface area contributed by atoms with E-state index in [9.17, 15) is 19.1 Å². The molecule has 7 heteroatoms. The van der Waals surface area contributed by atoms with Crippen molar-refractivity contribution in [2.75, 3.05) is 0 Å². The summed E-state index contributed by atoms with van der Waals surface area (Å²) in [6, 6.07) is 11.8. The third kappa shape index (κ3) is 6.14. The van der Waals surface area contributed by atoms with Crippen molar-refractivity contribution < 1.29 is 28.6 Å². The van der Waals surface area contributed by atoms with Crippen molar-refractivity contribution in [1.29, 1.82) is 0 Å². The van der Waals surface area contributed by atoms with Gasteiger partial charge in [-0.2, -0.15) is 0 Å². The predicted octanol–water partition coefficient (Wildman–Crippen LogP) is 4.52. The number of benzene rings is 2. The van der Waals surface area contributed by atoms with Crippen LogP contribution in [-0.4, -0.2) is 57.6 Å². The van der Waals surface area contributed by atoms with Gasteiger partial charge in [0.25, 0.3) is 0 Å². The Kier molecular flexibility index (Phi) is 8.77. The Bertz CT molecular complexity index is 1100. The van der Waals surface area contributed by atoms with Gasteiger partial charge in [0.05, 0.1) is 12.5 Å². The van der Waals surface area contributed by atoms with Crippen LogP contribution in [0.3, 0.4) is 0 Å². The van der Waals surface area contributed by atoms with Crippen LogP contribution in [0.5, 0.6) is 0 Å². The Hall–Kier alpha value is -2.25. The number of ketones is 1. The van der Waals surface area contributed by atoms with Crippen LogP contribution in [0.2, 0.25) is 0 Å². The molecule has 2 N–H and O–H groups in total. The van der Waals surface area contributed by atoms with Crippen molar-refractivity contribution >= 4 is 58.4 Å². The summed E-state index contributed by atoms with van der Waals surface area (Å²) in [6.07, 6.45) is 0.980. The molecule has 0 spiro atoms. The summed E-state index contributed by atoms with van der Waals surface area (Å²) in [5.74, 6) is -1.12. The number of fused-ring (bicyclic) bond motifs is 1. The van der Waals surface area contributed by atoms with Gasteiger partial charge in [0.2, 0.25) is 0 Å². The zero-order valence-electron chi connectivity index (χ0n) is 16.8. The number of aliphatic hydroxyl groups is 1. The van der Waals surface area contributed by atoms with Crippen LogP contribution in [0.4, 0.5) is 4.39 Å². The molecule has 0 fully saturated rings. The first-order valence-corrected chi connectivity index (χ1v) is 9.68. The molecule has 158 valence electrons. The van der Waals surface area contributed by atoms with Crippen LogP contribution in [0, 0.1) is 5.82 Å². The van der Waals surface area contributed by atoms with Crippen LogP contribution in [-0.2, 0) is 9.59 Å². The van der Waals surface area contributed by atoms with Gasteiger partial charge in [-0.25, -0.2) is 4.39 Å². The minimum atomic E-state index is -1.24. The van der Waals surface area contributed by atoms with E-state index in [0.717, 1.165) is 22.1 Å². The average Bonchev–Trinajstić information content (AvgIpc) is 3.05. The molecule has 0 aliphatic rings. The normalized spacial score (nSPS) is 12.3. The Morgan fingerprint density at radius 3 is 2.39 bits per heavy atom. The summed E-state index contributed by atoms with van der Waals surface area (Å²) in [5, 5.41) is 19.2. The molecule has 3 rings (SSSR count). The fourth-order valence-corrected chi connectivity index (χ4v) is 3.41. The maximum absolute atomic E-state index is 13.4. The van der Waals surface area contributed by atoms with Crippen LogP contribution < -0.4 is 0 Å². The van der Waals surface area contributed by atoms with E-state index >= 15 is 0 Å². The average molecular weight is 434 g/mol. The van der Waals surface area contributed by atoms with Gasteiger partial charge in [-0.05, 0) is 41.5 Å². The molecular weight excluding hydrogens is 410 g/mol. The second-order valence-corrected chi connectivity index (χ2v) is 7.48. The maximum atomic E-state index is 13.4. The van der Waals surface area contributed by atoms with Crippen LogP contribution in [0.1, 0.15) is 43.9 Å². The molecule has 31 heavy (non-hydrogen) atoms. The number of furan rings is 1. The SMILES string of the molecule is CC(C)c1oc2cccc(-c3ccc(F)cc3)c2c1C=CC(=O)CC(O)CC(=O)O.[NaH]. The molecule has 1 atom stereocenters. The number of carbonyl (C=O) groups excluding carboxylic acids is 1. The van der Waals surface area contributed by atoms with Crippen molar-refractivity contribution in [3.8, 4) is 11.1 Å². The second kappa shape index (κ2) is 10.9. The van der Waals surface area contributed by atoms with E-state index in [0.29, 0.717) is 11.3 Å². The van der Waals surface area contributed by atoms with Gasteiger partial charge in [-0.15, -0.1) is 0 Å². The van der Waals surface area contributed by atoms with Crippen molar-refractivity contribution in [3.05, 3.63) is 65.7 Å². The molecule has 0 saturated carbocycles. The summed E-state index contributed by atoms with van der Waals surface area (Å²) in [7, 11) is 0. The first kappa shape index (κ1) is 25.0. The molecule has 1 unspecified atom stereocenters. The molecule has 0 amide bonds. The van der Waals surface area contributed by atoms with E-state index in [-0.39, 0.29) is 53.5 Å². The monoisotopic (exact) mass is 434 g/mol. The van der Waals surface area contributed by atoms with Gasteiger partial charge in [0.15, 0.2) is 5.78 Å². The van der Waals surface area contributed by atoms with Gasteiger partial charge in [-0.3, -0.25) is 9.59 Å². The standard InChI is InChI=1S/C24H23FO5.Na.H/c1-14(2)24-20(11-10-17(26)12-18(27)13-22(28)29)23-19(4-3-5-21(23)30-24)15-6-8-16(25)9-7-15;;/h3-11,14,18,27H,12-13H2,1-2H3,(H,28,29);;. The third-order valence-corrected chi connectivity index (χ3v) is 4.74. The number of halogens is 1. The van der Waals surface area contributed by atoms with E-state index in [1.165, 1.54) is 18.2 Å². The number of hydrogen-bond acceptors (Lipinski definition) is 4. The van der Waals surface area contributed by atoms with Crippen LogP contribution in [0.15, 0.2) is 53.0 Å². The predicted molar refractivity (Wildman–Crippen MR) is 120 cm³/mol. The molecule has 1 aromatic heterocycles.